The molecule has 24 heavy (non-hydrogen) atoms. The molecule has 0 spiro atoms. The quantitative estimate of drug-likeness (QED) is 0.724. The van der Waals surface area contributed by atoms with Crippen LogP contribution in [0.5, 0.6) is 0 Å². The summed E-state index contributed by atoms with van der Waals surface area (Å²) in [6.45, 7) is 0. The lowest BCUT2D eigenvalue weighted by Crippen LogP contribution is -2.31. The van der Waals surface area contributed by atoms with Crippen LogP contribution < -0.4 is 10.6 Å². The van der Waals surface area contributed by atoms with Gasteiger partial charge in [0.2, 0.25) is 11.9 Å². The molecule has 3 aromatic rings. The van der Waals surface area contributed by atoms with Crippen molar-refractivity contribution in [3.05, 3.63) is 65.7 Å². The number of carbonyl (C=O) groups is 2. The lowest BCUT2D eigenvalue weighted by Gasteiger charge is -2.12. The molecular formula is C17H11N5O2. The summed E-state index contributed by atoms with van der Waals surface area (Å²) in [7, 11) is 0. The second kappa shape index (κ2) is 5.24. The largest absolute Gasteiger partial charge is 0.368 e. The zero-order valence-corrected chi connectivity index (χ0v) is 12.4. The van der Waals surface area contributed by atoms with E-state index in [2.05, 4.69) is 15.0 Å². The molecule has 1 aromatic heterocycles. The van der Waals surface area contributed by atoms with Crippen LogP contribution in [-0.2, 0) is 0 Å². The van der Waals surface area contributed by atoms with Gasteiger partial charge in [-0.2, -0.15) is 15.0 Å². The zero-order valence-electron chi connectivity index (χ0n) is 12.4. The molecule has 0 saturated heterocycles. The summed E-state index contributed by atoms with van der Waals surface area (Å²) in [5, 5.41) is 0. The minimum atomic E-state index is -0.472. The predicted octanol–water partition coefficient (Wildman–Crippen LogP) is 1.92. The van der Waals surface area contributed by atoms with Gasteiger partial charge in [0.05, 0.1) is 11.1 Å². The number of imide groups is 1. The number of hydrogen-bond acceptors (Lipinski definition) is 6. The SMILES string of the molecule is Nc1nc(-c2ccccc2)nc(N2C(=O)c3ccccc3C2=O)n1. The Labute approximate surface area is 136 Å². The van der Waals surface area contributed by atoms with Gasteiger partial charge in [-0.3, -0.25) is 9.59 Å². The molecule has 2 N–H and O–H groups in total. The highest BCUT2D eigenvalue weighted by atomic mass is 16.2. The molecule has 2 heterocycles. The molecule has 0 atom stereocenters. The fraction of sp³-hybridized carbons (Fsp3) is 0. The maximum absolute atomic E-state index is 12.5. The third-order valence-corrected chi connectivity index (χ3v) is 3.67. The van der Waals surface area contributed by atoms with Gasteiger partial charge in [-0.15, -0.1) is 0 Å². The highest BCUT2D eigenvalue weighted by Gasteiger charge is 2.38. The molecule has 0 aliphatic carbocycles. The van der Waals surface area contributed by atoms with Crippen molar-refractivity contribution in [1.82, 2.24) is 15.0 Å². The summed E-state index contributed by atoms with van der Waals surface area (Å²) in [6, 6.07) is 15.7. The summed E-state index contributed by atoms with van der Waals surface area (Å²) >= 11 is 0. The van der Waals surface area contributed by atoms with Crippen molar-refractivity contribution in [2.24, 2.45) is 0 Å². The first-order valence-corrected chi connectivity index (χ1v) is 7.20. The fourth-order valence-electron chi connectivity index (χ4n) is 2.57. The number of fused-ring (bicyclic) bond motifs is 1. The predicted molar refractivity (Wildman–Crippen MR) is 87.3 cm³/mol. The summed E-state index contributed by atoms with van der Waals surface area (Å²) in [5.74, 6) is -0.780. The summed E-state index contributed by atoms with van der Waals surface area (Å²) in [6.07, 6.45) is 0. The van der Waals surface area contributed by atoms with Gasteiger partial charge < -0.3 is 5.73 Å². The Hall–Kier alpha value is -3.61. The first-order valence-electron chi connectivity index (χ1n) is 7.20. The van der Waals surface area contributed by atoms with Crippen molar-refractivity contribution in [3.8, 4) is 11.4 Å². The number of rotatable bonds is 2. The van der Waals surface area contributed by atoms with Gasteiger partial charge in [0.25, 0.3) is 11.8 Å². The van der Waals surface area contributed by atoms with Crippen LogP contribution in [0.15, 0.2) is 54.6 Å². The van der Waals surface area contributed by atoms with Gasteiger partial charge >= 0.3 is 0 Å². The van der Waals surface area contributed by atoms with Crippen molar-refractivity contribution in [2.45, 2.75) is 0 Å². The molecule has 1 aliphatic rings. The number of amides is 2. The monoisotopic (exact) mass is 317 g/mol. The molecule has 7 nitrogen and oxygen atoms in total. The molecule has 0 saturated carbocycles. The Bertz CT molecular complexity index is 937. The van der Waals surface area contributed by atoms with Gasteiger partial charge in [-0.1, -0.05) is 42.5 Å². The summed E-state index contributed by atoms with van der Waals surface area (Å²) in [5.41, 5.74) is 7.11. The minimum Gasteiger partial charge on any atom is -0.368 e. The van der Waals surface area contributed by atoms with Crippen molar-refractivity contribution >= 4 is 23.7 Å². The van der Waals surface area contributed by atoms with Gasteiger partial charge in [-0.25, -0.2) is 4.90 Å². The minimum absolute atomic E-state index is 0.0598. The van der Waals surface area contributed by atoms with Crippen LogP contribution in [0.2, 0.25) is 0 Å². The number of carbonyl (C=O) groups excluding carboxylic acids is 2. The van der Waals surface area contributed by atoms with Crippen LogP contribution in [0, 0.1) is 0 Å². The van der Waals surface area contributed by atoms with E-state index < -0.39 is 11.8 Å². The van der Waals surface area contributed by atoms with E-state index >= 15 is 0 Å². The van der Waals surface area contributed by atoms with E-state index in [0.29, 0.717) is 22.5 Å². The standard InChI is InChI=1S/C17H11N5O2/c18-16-19-13(10-6-2-1-3-7-10)20-17(21-16)22-14(23)11-8-4-5-9-12(11)15(22)24/h1-9H,(H2,18,19,20,21). The van der Waals surface area contributed by atoms with Gasteiger partial charge in [-0.05, 0) is 12.1 Å². The third-order valence-electron chi connectivity index (χ3n) is 3.67. The normalized spacial score (nSPS) is 13.2. The van der Waals surface area contributed by atoms with E-state index in [1.807, 2.05) is 18.2 Å². The molecule has 4 rings (SSSR count). The third kappa shape index (κ3) is 2.11. The maximum Gasteiger partial charge on any atom is 0.268 e. The Morgan fingerprint density at radius 3 is 1.96 bits per heavy atom. The molecule has 116 valence electrons. The number of benzene rings is 2. The molecule has 0 bridgehead atoms. The topological polar surface area (TPSA) is 102 Å². The number of aromatic nitrogens is 3. The van der Waals surface area contributed by atoms with Crippen molar-refractivity contribution in [1.29, 1.82) is 0 Å². The molecule has 1 aliphatic heterocycles. The second-order valence-electron chi connectivity index (χ2n) is 5.17. The molecule has 0 unspecified atom stereocenters. The molecule has 0 radical (unpaired) electrons. The van der Waals surface area contributed by atoms with Crippen molar-refractivity contribution in [3.63, 3.8) is 0 Å². The number of anilines is 2. The maximum atomic E-state index is 12.5. The fourth-order valence-corrected chi connectivity index (χ4v) is 2.57. The van der Waals surface area contributed by atoms with Crippen LogP contribution >= 0.6 is 0 Å². The smallest absolute Gasteiger partial charge is 0.268 e. The van der Waals surface area contributed by atoms with Gasteiger partial charge in [0, 0.05) is 5.56 Å². The van der Waals surface area contributed by atoms with Crippen LogP contribution in [0.3, 0.4) is 0 Å². The number of nitrogen functional groups attached to an aromatic ring is 1. The summed E-state index contributed by atoms with van der Waals surface area (Å²) < 4.78 is 0. The Morgan fingerprint density at radius 2 is 1.33 bits per heavy atom. The number of hydrogen-bond donors (Lipinski definition) is 1. The molecule has 0 fully saturated rings. The zero-order chi connectivity index (χ0) is 16.7. The van der Waals surface area contributed by atoms with E-state index in [1.54, 1.807) is 36.4 Å². The van der Waals surface area contributed by atoms with Crippen molar-refractivity contribution in [2.75, 3.05) is 10.6 Å². The lowest BCUT2D eigenvalue weighted by molar-refractivity contribution is 0.0924. The van der Waals surface area contributed by atoms with E-state index in [0.717, 1.165) is 4.90 Å². The van der Waals surface area contributed by atoms with Crippen LogP contribution in [-0.4, -0.2) is 26.8 Å². The highest BCUT2D eigenvalue weighted by Crippen LogP contribution is 2.27. The van der Waals surface area contributed by atoms with Crippen LogP contribution in [0.25, 0.3) is 11.4 Å². The molecule has 2 amide bonds. The lowest BCUT2D eigenvalue weighted by atomic mass is 10.1. The van der Waals surface area contributed by atoms with Crippen molar-refractivity contribution < 1.29 is 9.59 Å². The van der Waals surface area contributed by atoms with Gasteiger partial charge in [0.1, 0.15) is 0 Å². The molecule has 2 aromatic carbocycles. The van der Waals surface area contributed by atoms with E-state index in [9.17, 15) is 9.59 Å². The Kier molecular flexibility index (Phi) is 3.06. The molecule has 7 heteroatoms. The first-order chi connectivity index (χ1) is 11.6. The average Bonchev–Trinajstić information content (AvgIpc) is 2.87. The number of nitrogens with zero attached hydrogens (tertiary/aromatic N) is 4. The second-order valence-corrected chi connectivity index (χ2v) is 5.17. The Balaban J connectivity index is 1.83. The Morgan fingerprint density at radius 1 is 0.750 bits per heavy atom. The molecular weight excluding hydrogens is 306 g/mol. The van der Waals surface area contributed by atoms with E-state index in [-0.39, 0.29) is 11.9 Å². The van der Waals surface area contributed by atoms with Crippen LogP contribution in [0.4, 0.5) is 11.9 Å². The van der Waals surface area contributed by atoms with E-state index in [4.69, 9.17) is 5.73 Å². The number of nitrogens with two attached hydrogens (primary N) is 1. The first kappa shape index (κ1) is 14.0. The van der Waals surface area contributed by atoms with Gasteiger partial charge in [0.15, 0.2) is 5.82 Å². The van der Waals surface area contributed by atoms with E-state index in [1.165, 1.54) is 0 Å². The highest BCUT2D eigenvalue weighted by molar-refractivity contribution is 6.33. The average molecular weight is 317 g/mol. The summed E-state index contributed by atoms with van der Waals surface area (Å²) in [4.78, 5) is 38.3. The van der Waals surface area contributed by atoms with Crippen LogP contribution in [0.1, 0.15) is 20.7 Å².